The van der Waals surface area contributed by atoms with Crippen LogP contribution in [0.15, 0.2) is 18.5 Å². The number of aryl methyl sites for hydroxylation is 1. The summed E-state index contributed by atoms with van der Waals surface area (Å²) < 4.78 is 0. The molecule has 2 heteroatoms. The Morgan fingerprint density at radius 1 is 1.21 bits per heavy atom. The summed E-state index contributed by atoms with van der Waals surface area (Å²) in [6.07, 6.45) is 7.72. The van der Waals surface area contributed by atoms with Crippen molar-refractivity contribution in [3.05, 3.63) is 29.6 Å². The van der Waals surface area contributed by atoms with E-state index in [0.29, 0.717) is 16.9 Å². The maximum atomic E-state index is 4.23. The van der Waals surface area contributed by atoms with Gasteiger partial charge in [0.05, 0.1) is 0 Å². The Morgan fingerprint density at radius 3 is 2.42 bits per heavy atom. The molecule has 0 radical (unpaired) electrons. The van der Waals surface area contributed by atoms with Crippen LogP contribution in [0.2, 0.25) is 0 Å². The van der Waals surface area contributed by atoms with Gasteiger partial charge in [-0.1, -0.05) is 27.7 Å². The third-order valence-electron chi connectivity index (χ3n) is 4.28. The van der Waals surface area contributed by atoms with Crippen molar-refractivity contribution in [2.75, 3.05) is 0 Å². The lowest BCUT2D eigenvalue weighted by molar-refractivity contribution is 0.0844. The zero-order chi connectivity index (χ0) is 14.1. The quantitative estimate of drug-likeness (QED) is 0.885. The van der Waals surface area contributed by atoms with Gasteiger partial charge in [0.15, 0.2) is 0 Å². The largest absolute Gasteiger partial charge is 0.310 e. The van der Waals surface area contributed by atoms with Crippen molar-refractivity contribution in [2.45, 2.75) is 66.5 Å². The molecule has 1 aromatic rings. The molecule has 1 aliphatic rings. The van der Waals surface area contributed by atoms with Crippen LogP contribution in [-0.2, 0) is 6.54 Å². The molecule has 1 saturated carbocycles. The van der Waals surface area contributed by atoms with Crippen LogP contribution < -0.4 is 5.32 Å². The Labute approximate surface area is 118 Å². The molecule has 0 amide bonds. The summed E-state index contributed by atoms with van der Waals surface area (Å²) in [6, 6.07) is 2.71. The molecule has 1 N–H and O–H groups in total. The number of nitrogens with one attached hydrogen (secondary N) is 1. The minimum Gasteiger partial charge on any atom is -0.310 e. The van der Waals surface area contributed by atoms with Gasteiger partial charge in [-0.15, -0.1) is 0 Å². The highest BCUT2D eigenvalue weighted by molar-refractivity contribution is 5.21. The lowest BCUT2D eigenvalue weighted by atomic mass is 9.63. The SMILES string of the molecule is Cc1ccncc1CNC1CC(C)(C)CC(C)(C)C1. The average molecular weight is 260 g/mol. The summed E-state index contributed by atoms with van der Waals surface area (Å²) in [5.41, 5.74) is 3.55. The first-order valence-electron chi connectivity index (χ1n) is 7.40. The van der Waals surface area contributed by atoms with Crippen molar-refractivity contribution in [3.8, 4) is 0 Å². The van der Waals surface area contributed by atoms with Crippen LogP contribution >= 0.6 is 0 Å². The van der Waals surface area contributed by atoms with E-state index in [1.54, 1.807) is 0 Å². The van der Waals surface area contributed by atoms with Crippen molar-refractivity contribution in [1.82, 2.24) is 10.3 Å². The van der Waals surface area contributed by atoms with E-state index in [1.807, 2.05) is 12.4 Å². The van der Waals surface area contributed by atoms with Crippen LogP contribution in [0.3, 0.4) is 0 Å². The van der Waals surface area contributed by atoms with Crippen LogP contribution in [-0.4, -0.2) is 11.0 Å². The van der Waals surface area contributed by atoms with E-state index in [9.17, 15) is 0 Å². The highest BCUT2D eigenvalue weighted by Crippen LogP contribution is 2.45. The molecule has 1 heterocycles. The number of nitrogens with zero attached hydrogens (tertiary/aromatic N) is 1. The normalized spacial score (nSPS) is 22.4. The standard InChI is InChI=1S/C17H28N2/c1-13-6-7-18-10-14(13)11-19-15-8-16(2,3)12-17(4,5)9-15/h6-7,10,15,19H,8-9,11-12H2,1-5H3. The van der Waals surface area contributed by atoms with Gasteiger partial charge in [0.25, 0.3) is 0 Å². The van der Waals surface area contributed by atoms with Crippen LogP contribution in [0, 0.1) is 17.8 Å². The average Bonchev–Trinajstić information content (AvgIpc) is 2.23. The van der Waals surface area contributed by atoms with Crippen molar-refractivity contribution in [2.24, 2.45) is 10.8 Å². The van der Waals surface area contributed by atoms with Gasteiger partial charge in [-0.25, -0.2) is 0 Å². The number of hydrogen-bond acceptors (Lipinski definition) is 2. The lowest BCUT2D eigenvalue weighted by Gasteiger charge is -2.45. The van der Waals surface area contributed by atoms with Crippen molar-refractivity contribution >= 4 is 0 Å². The molecule has 19 heavy (non-hydrogen) atoms. The number of hydrogen-bond donors (Lipinski definition) is 1. The molecule has 0 bridgehead atoms. The van der Waals surface area contributed by atoms with E-state index in [2.05, 4.69) is 51.0 Å². The van der Waals surface area contributed by atoms with Crippen LogP contribution in [0.4, 0.5) is 0 Å². The van der Waals surface area contributed by atoms with Gasteiger partial charge in [-0.05, 0) is 54.2 Å². The van der Waals surface area contributed by atoms with Crippen LogP contribution in [0.25, 0.3) is 0 Å². The fourth-order valence-electron chi connectivity index (χ4n) is 3.93. The molecule has 2 rings (SSSR count). The predicted molar refractivity (Wildman–Crippen MR) is 81.0 cm³/mol. The summed E-state index contributed by atoms with van der Waals surface area (Å²) in [5, 5.41) is 3.75. The summed E-state index contributed by atoms with van der Waals surface area (Å²) in [5.74, 6) is 0. The minimum atomic E-state index is 0.448. The third-order valence-corrected chi connectivity index (χ3v) is 4.28. The molecule has 1 aliphatic carbocycles. The Bertz CT molecular complexity index is 419. The number of aromatic nitrogens is 1. The first kappa shape index (κ1) is 14.5. The minimum absolute atomic E-state index is 0.448. The molecule has 0 aromatic carbocycles. The molecule has 0 unspecified atom stereocenters. The van der Waals surface area contributed by atoms with Gasteiger partial charge >= 0.3 is 0 Å². The van der Waals surface area contributed by atoms with Crippen molar-refractivity contribution < 1.29 is 0 Å². The molecule has 2 nitrogen and oxygen atoms in total. The topological polar surface area (TPSA) is 24.9 Å². The van der Waals surface area contributed by atoms with E-state index in [1.165, 1.54) is 30.4 Å². The Morgan fingerprint density at radius 2 is 1.84 bits per heavy atom. The van der Waals surface area contributed by atoms with Crippen LogP contribution in [0.1, 0.15) is 58.1 Å². The Hall–Kier alpha value is -0.890. The second-order valence-corrected chi connectivity index (χ2v) is 7.79. The monoisotopic (exact) mass is 260 g/mol. The summed E-state index contributed by atoms with van der Waals surface area (Å²) >= 11 is 0. The first-order valence-corrected chi connectivity index (χ1v) is 7.40. The van der Waals surface area contributed by atoms with Crippen LogP contribution in [0.5, 0.6) is 0 Å². The van der Waals surface area contributed by atoms with Gasteiger partial charge in [0, 0.05) is 25.0 Å². The molecule has 0 atom stereocenters. The second kappa shape index (κ2) is 5.24. The number of pyridine rings is 1. The van der Waals surface area contributed by atoms with Gasteiger partial charge in [0.2, 0.25) is 0 Å². The number of rotatable bonds is 3. The zero-order valence-corrected chi connectivity index (χ0v) is 13.1. The predicted octanol–water partition coefficient (Wildman–Crippen LogP) is 4.08. The van der Waals surface area contributed by atoms with E-state index < -0.39 is 0 Å². The maximum absolute atomic E-state index is 4.23. The molecule has 0 spiro atoms. The highest BCUT2D eigenvalue weighted by atomic mass is 14.9. The fourth-order valence-corrected chi connectivity index (χ4v) is 3.93. The molecule has 0 saturated heterocycles. The van der Waals surface area contributed by atoms with Gasteiger partial charge in [-0.2, -0.15) is 0 Å². The molecule has 1 aromatic heterocycles. The van der Waals surface area contributed by atoms with Gasteiger partial charge < -0.3 is 5.32 Å². The van der Waals surface area contributed by atoms with E-state index >= 15 is 0 Å². The van der Waals surface area contributed by atoms with Crippen molar-refractivity contribution in [3.63, 3.8) is 0 Å². The van der Waals surface area contributed by atoms with Crippen molar-refractivity contribution in [1.29, 1.82) is 0 Å². The second-order valence-electron chi connectivity index (χ2n) is 7.79. The summed E-state index contributed by atoms with van der Waals surface area (Å²) in [4.78, 5) is 4.23. The third kappa shape index (κ3) is 4.04. The lowest BCUT2D eigenvalue weighted by Crippen LogP contribution is -2.43. The Balaban J connectivity index is 1.98. The van der Waals surface area contributed by atoms with Gasteiger partial charge in [0.1, 0.15) is 0 Å². The molecule has 1 fully saturated rings. The Kier molecular flexibility index (Phi) is 4.00. The zero-order valence-electron chi connectivity index (χ0n) is 13.1. The highest BCUT2D eigenvalue weighted by Gasteiger charge is 2.38. The smallest absolute Gasteiger partial charge is 0.0315 e. The van der Waals surface area contributed by atoms with E-state index in [4.69, 9.17) is 0 Å². The first-order chi connectivity index (χ1) is 8.77. The van der Waals surface area contributed by atoms with Gasteiger partial charge in [-0.3, -0.25) is 4.98 Å². The maximum Gasteiger partial charge on any atom is 0.0315 e. The molecule has 0 aliphatic heterocycles. The molecule has 106 valence electrons. The summed E-state index contributed by atoms with van der Waals surface area (Å²) in [7, 11) is 0. The van der Waals surface area contributed by atoms with E-state index in [0.717, 1.165) is 6.54 Å². The fraction of sp³-hybridized carbons (Fsp3) is 0.706. The summed E-state index contributed by atoms with van der Waals surface area (Å²) in [6.45, 7) is 12.7. The van der Waals surface area contributed by atoms with E-state index in [-0.39, 0.29) is 0 Å². The molecular formula is C17H28N2. The molecular weight excluding hydrogens is 232 g/mol.